The fourth-order valence-electron chi connectivity index (χ4n) is 5.20. The van der Waals surface area contributed by atoms with E-state index < -0.39 is 86.6 Å². The van der Waals surface area contributed by atoms with Crippen LogP contribution in [0.15, 0.2) is 107 Å². The van der Waals surface area contributed by atoms with Crippen LogP contribution in [0, 0.1) is 13.8 Å². The van der Waals surface area contributed by atoms with E-state index in [2.05, 4.69) is 30.0 Å². The third kappa shape index (κ3) is 15.0. The van der Waals surface area contributed by atoms with Crippen molar-refractivity contribution in [3.63, 3.8) is 0 Å². The number of pyridine rings is 4. The SMILES string of the molecule is C.CNc1cc(C)ccn1.Cc1ccnc(N(C)C(=O)c2ncc(Cl)cc2NS(=O)(=O)c2ccc(Cl)c(C(F)(F)F)c2)c1.O=C(O)c1ncc(Cl)cc1NS(=O)(=O)c1ccc(Cl)c(C(F)(F)F)c1. The number of nitrogens with zero attached hydrogens (tertiary/aromatic N) is 5. The van der Waals surface area contributed by atoms with E-state index in [4.69, 9.17) is 51.5 Å². The van der Waals surface area contributed by atoms with Crippen LogP contribution >= 0.6 is 46.4 Å². The van der Waals surface area contributed by atoms with Gasteiger partial charge < -0.3 is 10.4 Å². The maximum Gasteiger partial charge on any atom is 0.417 e. The molecule has 27 heteroatoms. The number of hydrogen-bond acceptors (Lipinski definition) is 11. The number of carbonyl (C=O) groups excluding carboxylic acids is 1. The molecule has 2 aromatic carbocycles. The average Bonchev–Trinajstić information content (AvgIpc) is 3.22. The Bertz CT molecular complexity index is 3050. The standard InChI is InChI=1S/C20H15Cl2F3N4O3S.C13H7Cl2F3N2O4S.C7H10N2.CH4/c1-11-5-6-26-17(7-11)29(2)19(30)18-16(8-12(21)10-27-18)28-33(31,32)13-3-4-15(22)14(9-13)20(23,24)25;14-6-3-10(11(12(21)22)19-5-6)20-25(23,24)7-1-2-9(15)8(4-7)13(16,17)18;1-6-3-4-9-7(5-6)8-2;/h3-10,28H,1-2H3;1-5,20H,(H,21,22);3-5H,1-2H3,(H,8,9);1H4. The van der Waals surface area contributed by atoms with Crippen LogP contribution < -0.4 is 19.7 Å². The molecule has 15 nitrogen and oxygen atoms in total. The van der Waals surface area contributed by atoms with Gasteiger partial charge in [-0.25, -0.2) is 41.6 Å². The van der Waals surface area contributed by atoms with Gasteiger partial charge >= 0.3 is 18.3 Å². The first-order valence-corrected chi connectivity index (χ1v) is 22.7. The molecule has 4 heterocycles. The Hall–Kier alpha value is -5.98. The first kappa shape index (κ1) is 56.3. The molecule has 6 rings (SSSR count). The summed E-state index contributed by atoms with van der Waals surface area (Å²) < 4.78 is 132. The number of alkyl halides is 6. The molecule has 0 radical (unpaired) electrons. The van der Waals surface area contributed by atoms with E-state index in [1.54, 1.807) is 25.3 Å². The highest BCUT2D eigenvalue weighted by Crippen LogP contribution is 2.38. The summed E-state index contributed by atoms with van der Waals surface area (Å²) in [5.41, 5.74) is -2.43. The number of hydrogen-bond donors (Lipinski definition) is 4. The minimum absolute atomic E-state index is 0. The second kappa shape index (κ2) is 22.9. The van der Waals surface area contributed by atoms with Gasteiger partial charge in [0.25, 0.3) is 26.0 Å². The molecule has 0 bridgehead atoms. The quantitative estimate of drug-likeness (QED) is 0.0944. The molecule has 0 atom stereocenters. The van der Waals surface area contributed by atoms with Crippen LogP contribution in [0.5, 0.6) is 0 Å². The molecule has 0 fully saturated rings. The number of sulfonamides is 2. The predicted molar refractivity (Wildman–Crippen MR) is 247 cm³/mol. The lowest BCUT2D eigenvalue weighted by Gasteiger charge is -2.19. The predicted octanol–water partition coefficient (Wildman–Crippen LogP) is 11.2. The van der Waals surface area contributed by atoms with Gasteiger partial charge in [-0.05, 0) is 97.8 Å². The first-order valence-electron chi connectivity index (χ1n) is 18.2. The summed E-state index contributed by atoms with van der Waals surface area (Å²) in [6.45, 7) is 3.84. The lowest BCUT2D eigenvalue weighted by atomic mass is 10.2. The highest BCUT2D eigenvalue weighted by molar-refractivity contribution is 7.93. The van der Waals surface area contributed by atoms with Crippen LogP contribution in [0.25, 0.3) is 0 Å². The van der Waals surface area contributed by atoms with Gasteiger partial charge in [0, 0.05) is 38.9 Å². The summed E-state index contributed by atoms with van der Waals surface area (Å²) in [5, 5.41) is 10.5. The normalized spacial score (nSPS) is 11.4. The molecule has 0 aliphatic carbocycles. The van der Waals surface area contributed by atoms with E-state index in [0.29, 0.717) is 12.1 Å². The molecule has 1 amide bonds. The van der Waals surface area contributed by atoms with Gasteiger partial charge in [-0.1, -0.05) is 53.8 Å². The maximum absolute atomic E-state index is 13.2. The van der Waals surface area contributed by atoms with Crippen LogP contribution in [-0.2, 0) is 32.4 Å². The summed E-state index contributed by atoms with van der Waals surface area (Å²) in [7, 11) is -5.86. The molecular formula is C41H36Cl4F6N8O7S2. The second-order valence-electron chi connectivity index (χ2n) is 13.4. The lowest BCUT2D eigenvalue weighted by Crippen LogP contribution is -2.29. The Kier molecular flexibility index (Phi) is 19.0. The number of benzene rings is 2. The summed E-state index contributed by atoms with van der Waals surface area (Å²) in [6, 6.07) is 13.5. The highest BCUT2D eigenvalue weighted by atomic mass is 35.5. The molecule has 0 aliphatic heterocycles. The Morgan fingerprint density at radius 1 is 0.632 bits per heavy atom. The summed E-state index contributed by atoms with van der Waals surface area (Å²) >= 11 is 22.6. The minimum Gasteiger partial charge on any atom is -0.476 e. The van der Waals surface area contributed by atoms with Crippen LogP contribution in [-0.4, -0.2) is 67.8 Å². The second-order valence-corrected chi connectivity index (χ2v) is 18.5. The number of carbonyl (C=O) groups is 2. The van der Waals surface area contributed by atoms with Crippen molar-refractivity contribution in [1.82, 2.24) is 19.9 Å². The van der Waals surface area contributed by atoms with Crippen molar-refractivity contribution in [1.29, 1.82) is 0 Å². The molecule has 0 spiro atoms. The number of carboxylic acids is 1. The maximum atomic E-state index is 13.2. The Balaban J connectivity index is 0.000000308. The molecule has 0 unspecified atom stereocenters. The summed E-state index contributed by atoms with van der Waals surface area (Å²) in [4.78, 5) is 39.3. The van der Waals surface area contributed by atoms with E-state index in [1.165, 1.54) is 18.8 Å². The third-order valence-electron chi connectivity index (χ3n) is 8.43. The van der Waals surface area contributed by atoms with E-state index >= 15 is 0 Å². The topological polar surface area (TPSA) is 214 Å². The monoisotopic (exact) mass is 1070 g/mol. The van der Waals surface area contributed by atoms with Gasteiger partial charge in [-0.3, -0.25) is 19.1 Å². The number of aromatic nitrogens is 4. The van der Waals surface area contributed by atoms with Crippen LogP contribution in [0.4, 0.5) is 49.4 Å². The van der Waals surface area contributed by atoms with Gasteiger partial charge in [-0.2, -0.15) is 26.3 Å². The van der Waals surface area contributed by atoms with E-state index in [9.17, 15) is 52.8 Å². The lowest BCUT2D eigenvalue weighted by molar-refractivity contribution is -0.138. The molecule has 4 aromatic heterocycles. The fraction of sp³-hybridized carbons (Fsp3) is 0.171. The number of aryl methyl sites for hydroxylation is 2. The number of amides is 1. The summed E-state index contributed by atoms with van der Waals surface area (Å²) in [6.07, 6.45) is -4.34. The fourth-order valence-corrected chi connectivity index (χ4v) is 8.13. The number of carboxylic acid groups (broad SMARTS) is 1. The van der Waals surface area contributed by atoms with E-state index in [-0.39, 0.29) is 34.7 Å². The highest BCUT2D eigenvalue weighted by Gasteiger charge is 2.36. The van der Waals surface area contributed by atoms with Crippen LogP contribution in [0.1, 0.15) is 50.7 Å². The van der Waals surface area contributed by atoms with Crippen molar-refractivity contribution < 1.29 is 57.9 Å². The minimum atomic E-state index is -4.87. The Morgan fingerprint density at radius 3 is 1.46 bits per heavy atom. The van der Waals surface area contributed by atoms with Crippen molar-refractivity contribution >= 4 is 101 Å². The summed E-state index contributed by atoms with van der Waals surface area (Å²) in [5.74, 6) is -1.08. The number of nitrogens with one attached hydrogen (secondary N) is 3. The molecule has 4 N–H and O–H groups in total. The van der Waals surface area contributed by atoms with Gasteiger partial charge in [0.05, 0.1) is 52.4 Å². The Morgan fingerprint density at radius 2 is 1.06 bits per heavy atom. The van der Waals surface area contributed by atoms with E-state index in [1.807, 2.05) is 30.8 Å². The van der Waals surface area contributed by atoms with Crippen LogP contribution in [0.3, 0.4) is 0 Å². The number of aromatic carboxylic acids is 1. The first-order chi connectivity index (χ1) is 31.0. The molecule has 6 aromatic rings. The molecule has 0 aliphatic rings. The van der Waals surface area contributed by atoms with Crippen molar-refractivity contribution in [3.8, 4) is 0 Å². The van der Waals surface area contributed by atoms with Crippen LogP contribution in [0.2, 0.25) is 20.1 Å². The molecular weight excluding hydrogens is 1040 g/mol. The van der Waals surface area contributed by atoms with Crippen molar-refractivity contribution in [3.05, 3.63) is 151 Å². The zero-order valence-electron chi connectivity index (χ0n) is 34.5. The van der Waals surface area contributed by atoms with Gasteiger partial charge in [0.2, 0.25) is 0 Å². The van der Waals surface area contributed by atoms with Crippen molar-refractivity contribution in [2.75, 3.05) is 33.8 Å². The van der Waals surface area contributed by atoms with Gasteiger partial charge in [0.15, 0.2) is 11.4 Å². The van der Waals surface area contributed by atoms with E-state index in [0.717, 1.165) is 65.1 Å². The van der Waals surface area contributed by atoms with Crippen molar-refractivity contribution in [2.45, 2.75) is 43.4 Å². The molecule has 364 valence electrons. The average molecular weight is 1070 g/mol. The number of anilines is 4. The van der Waals surface area contributed by atoms with Crippen molar-refractivity contribution in [2.24, 2.45) is 0 Å². The zero-order chi connectivity index (χ0) is 50.2. The molecule has 0 saturated carbocycles. The number of halogens is 10. The third-order valence-corrected chi connectivity index (χ3v) is 12.2. The van der Waals surface area contributed by atoms with Gasteiger partial charge in [0.1, 0.15) is 11.6 Å². The largest absolute Gasteiger partial charge is 0.476 e. The van der Waals surface area contributed by atoms with Gasteiger partial charge in [-0.15, -0.1) is 0 Å². The number of rotatable bonds is 10. The molecule has 68 heavy (non-hydrogen) atoms. The Labute approximate surface area is 405 Å². The molecule has 0 saturated heterocycles. The zero-order valence-corrected chi connectivity index (χ0v) is 39.1. The smallest absolute Gasteiger partial charge is 0.417 e.